The number of anilines is 1. The Morgan fingerprint density at radius 1 is 1.32 bits per heavy atom. The maximum atomic E-state index is 12.4. The van der Waals surface area contributed by atoms with E-state index in [2.05, 4.69) is 11.8 Å². The zero-order valence-electron chi connectivity index (χ0n) is 15.1. The standard InChI is InChI=1S/C19H28ClN3O2/c1-13-11-22(12-15-9-16(20)10-18(21)14(15)2)7-8-23(13)19(24)25-17-5-3-4-6-17/h9-10,13,17H,3-8,11-12,21H2,1-2H3. The summed E-state index contributed by atoms with van der Waals surface area (Å²) in [7, 11) is 0. The molecule has 0 radical (unpaired) electrons. The number of hydrogen-bond donors (Lipinski definition) is 1. The van der Waals surface area contributed by atoms with Crippen LogP contribution in [0.5, 0.6) is 0 Å². The van der Waals surface area contributed by atoms with Crippen LogP contribution in [0.15, 0.2) is 12.1 Å². The van der Waals surface area contributed by atoms with Crippen LogP contribution in [0, 0.1) is 6.92 Å². The third-order valence-corrected chi connectivity index (χ3v) is 5.65. The van der Waals surface area contributed by atoms with Crippen molar-refractivity contribution in [1.29, 1.82) is 0 Å². The van der Waals surface area contributed by atoms with E-state index in [9.17, 15) is 4.79 Å². The fraction of sp³-hybridized carbons (Fsp3) is 0.632. The number of benzene rings is 1. The first kappa shape index (κ1) is 18.3. The molecule has 1 atom stereocenters. The predicted molar refractivity (Wildman–Crippen MR) is 101 cm³/mol. The number of halogens is 1. The van der Waals surface area contributed by atoms with Gasteiger partial charge in [-0.2, -0.15) is 0 Å². The lowest BCUT2D eigenvalue weighted by Crippen LogP contribution is -2.54. The summed E-state index contributed by atoms with van der Waals surface area (Å²) in [5.41, 5.74) is 8.99. The van der Waals surface area contributed by atoms with Gasteiger partial charge in [-0.05, 0) is 62.8 Å². The van der Waals surface area contributed by atoms with Crippen LogP contribution >= 0.6 is 11.6 Å². The molecule has 138 valence electrons. The Labute approximate surface area is 155 Å². The maximum Gasteiger partial charge on any atom is 0.410 e. The molecule has 0 aromatic heterocycles. The van der Waals surface area contributed by atoms with Crippen molar-refractivity contribution in [3.05, 3.63) is 28.3 Å². The molecular formula is C19H28ClN3O2. The number of piperazine rings is 1. The van der Waals surface area contributed by atoms with E-state index in [1.807, 2.05) is 17.9 Å². The van der Waals surface area contributed by atoms with Crippen LogP contribution in [0.4, 0.5) is 10.5 Å². The number of carbonyl (C=O) groups excluding carboxylic acids is 1. The van der Waals surface area contributed by atoms with Crippen LogP contribution in [-0.4, -0.2) is 47.7 Å². The molecule has 1 aliphatic carbocycles. The lowest BCUT2D eigenvalue weighted by atomic mass is 10.1. The molecule has 1 saturated heterocycles. The van der Waals surface area contributed by atoms with Gasteiger partial charge in [-0.1, -0.05) is 11.6 Å². The largest absolute Gasteiger partial charge is 0.446 e. The van der Waals surface area contributed by atoms with Gasteiger partial charge in [0.2, 0.25) is 0 Å². The van der Waals surface area contributed by atoms with Gasteiger partial charge in [-0.3, -0.25) is 4.90 Å². The van der Waals surface area contributed by atoms with E-state index >= 15 is 0 Å². The van der Waals surface area contributed by atoms with E-state index in [4.69, 9.17) is 22.1 Å². The highest BCUT2D eigenvalue weighted by Crippen LogP contribution is 2.25. The molecule has 5 nitrogen and oxygen atoms in total. The van der Waals surface area contributed by atoms with E-state index in [1.165, 1.54) is 12.8 Å². The van der Waals surface area contributed by atoms with Crippen molar-refractivity contribution >= 4 is 23.4 Å². The van der Waals surface area contributed by atoms with Crippen molar-refractivity contribution in [1.82, 2.24) is 9.80 Å². The third-order valence-electron chi connectivity index (χ3n) is 5.43. The van der Waals surface area contributed by atoms with Crippen molar-refractivity contribution < 1.29 is 9.53 Å². The summed E-state index contributed by atoms with van der Waals surface area (Å²) >= 11 is 6.15. The lowest BCUT2D eigenvalue weighted by molar-refractivity contribution is 0.0281. The van der Waals surface area contributed by atoms with Crippen molar-refractivity contribution in [2.75, 3.05) is 25.4 Å². The van der Waals surface area contributed by atoms with Crippen LogP contribution < -0.4 is 5.73 Å². The summed E-state index contributed by atoms with van der Waals surface area (Å²) in [6, 6.07) is 3.91. The number of nitrogens with two attached hydrogens (primary N) is 1. The zero-order valence-corrected chi connectivity index (χ0v) is 15.9. The van der Waals surface area contributed by atoms with Crippen LogP contribution in [0.2, 0.25) is 5.02 Å². The Balaban J connectivity index is 1.57. The fourth-order valence-corrected chi connectivity index (χ4v) is 4.08. The van der Waals surface area contributed by atoms with Crippen LogP contribution in [-0.2, 0) is 11.3 Å². The van der Waals surface area contributed by atoms with Gasteiger partial charge in [0.25, 0.3) is 0 Å². The minimum atomic E-state index is -0.151. The van der Waals surface area contributed by atoms with Gasteiger partial charge in [0.15, 0.2) is 0 Å². The van der Waals surface area contributed by atoms with E-state index in [-0.39, 0.29) is 18.2 Å². The van der Waals surface area contributed by atoms with Gasteiger partial charge >= 0.3 is 6.09 Å². The molecule has 1 aliphatic heterocycles. The molecule has 1 aromatic carbocycles. The smallest absolute Gasteiger partial charge is 0.410 e. The van der Waals surface area contributed by atoms with Gasteiger partial charge in [-0.25, -0.2) is 4.79 Å². The monoisotopic (exact) mass is 365 g/mol. The molecule has 1 amide bonds. The van der Waals surface area contributed by atoms with E-state index in [0.717, 1.165) is 49.3 Å². The highest BCUT2D eigenvalue weighted by atomic mass is 35.5. The molecule has 6 heteroatoms. The molecule has 1 heterocycles. The topological polar surface area (TPSA) is 58.8 Å². The molecule has 2 fully saturated rings. The zero-order chi connectivity index (χ0) is 18.0. The van der Waals surface area contributed by atoms with Gasteiger partial charge < -0.3 is 15.4 Å². The quantitative estimate of drug-likeness (QED) is 0.827. The van der Waals surface area contributed by atoms with Crippen molar-refractivity contribution in [2.24, 2.45) is 0 Å². The number of ether oxygens (including phenoxy) is 1. The predicted octanol–water partition coefficient (Wildman–Crippen LogP) is 3.82. The summed E-state index contributed by atoms with van der Waals surface area (Å²) in [4.78, 5) is 16.6. The SMILES string of the molecule is Cc1c(N)cc(Cl)cc1CN1CCN(C(=O)OC2CCCC2)C(C)C1. The Bertz CT molecular complexity index is 631. The number of rotatable bonds is 3. The number of nitrogens with zero attached hydrogens (tertiary/aromatic N) is 2. The second-order valence-electron chi connectivity index (χ2n) is 7.35. The van der Waals surface area contributed by atoms with E-state index in [0.29, 0.717) is 11.6 Å². The summed E-state index contributed by atoms with van der Waals surface area (Å²) in [6.45, 7) is 7.26. The number of carbonyl (C=O) groups is 1. The van der Waals surface area contributed by atoms with Gasteiger partial charge in [0, 0.05) is 42.9 Å². The minimum Gasteiger partial charge on any atom is -0.446 e. The van der Waals surface area contributed by atoms with Gasteiger partial charge in [0.05, 0.1) is 0 Å². The third kappa shape index (κ3) is 4.39. The molecule has 2 N–H and O–H groups in total. The summed E-state index contributed by atoms with van der Waals surface area (Å²) in [6.07, 6.45) is 4.33. The molecule has 0 bridgehead atoms. The summed E-state index contributed by atoms with van der Waals surface area (Å²) < 4.78 is 5.66. The first-order chi connectivity index (χ1) is 11.9. The lowest BCUT2D eigenvalue weighted by Gasteiger charge is -2.39. The van der Waals surface area contributed by atoms with Gasteiger partial charge in [-0.15, -0.1) is 0 Å². The average Bonchev–Trinajstić information content (AvgIpc) is 3.05. The molecule has 1 unspecified atom stereocenters. The molecule has 0 spiro atoms. The van der Waals surface area contributed by atoms with E-state index < -0.39 is 0 Å². The fourth-order valence-electron chi connectivity index (χ4n) is 3.83. The number of nitrogen functional groups attached to an aromatic ring is 1. The minimum absolute atomic E-state index is 0.120. The highest BCUT2D eigenvalue weighted by molar-refractivity contribution is 6.31. The van der Waals surface area contributed by atoms with Crippen molar-refractivity contribution in [3.8, 4) is 0 Å². The van der Waals surface area contributed by atoms with Crippen molar-refractivity contribution in [2.45, 2.75) is 58.2 Å². The first-order valence-corrected chi connectivity index (χ1v) is 9.56. The Morgan fingerprint density at radius 2 is 2.04 bits per heavy atom. The first-order valence-electron chi connectivity index (χ1n) is 9.18. The highest BCUT2D eigenvalue weighted by Gasteiger charge is 2.30. The van der Waals surface area contributed by atoms with Crippen LogP contribution in [0.1, 0.15) is 43.7 Å². The second-order valence-corrected chi connectivity index (χ2v) is 7.78. The molecule has 3 rings (SSSR count). The normalized spacial score (nSPS) is 22.4. The van der Waals surface area contributed by atoms with Crippen molar-refractivity contribution in [3.63, 3.8) is 0 Å². The Kier molecular flexibility index (Phi) is 5.74. The summed E-state index contributed by atoms with van der Waals surface area (Å²) in [5.74, 6) is 0. The number of amides is 1. The Morgan fingerprint density at radius 3 is 2.72 bits per heavy atom. The molecular weight excluding hydrogens is 338 g/mol. The summed E-state index contributed by atoms with van der Waals surface area (Å²) in [5, 5.41) is 0.671. The Hall–Kier alpha value is -1.46. The molecule has 1 saturated carbocycles. The average molecular weight is 366 g/mol. The second kappa shape index (κ2) is 7.83. The maximum absolute atomic E-state index is 12.4. The molecule has 25 heavy (non-hydrogen) atoms. The number of hydrogen-bond acceptors (Lipinski definition) is 4. The molecule has 1 aromatic rings. The van der Waals surface area contributed by atoms with E-state index in [1.54, 1.807) is 6.07 Å². The molecule has 2 aliphatic rings. The van der Waals surface area contributed by atoms with Crippen LogP contribution in [0.3, 0.4) is 0 Å². The van der Waals surface area contributed by atoms with Gasteiger partial charge in [0.1, 0.15) is 6.10 Å². The van der Waals surface area contributed by atoms with Crippen LogP contribution in [0.25, 0.3) is 0 Å².